The molecular weight excluding hydrogens is 368 g/mol. The highest BCUT2D eigenvalue weighted by Gasteiger charge is 2.26. The number of carbonyl (C=O) groups is 2. The lowest BCUT2D eigenvalue weighted by Crippen LogP contribution is -2.35. The number of nitrogens with one attached hydrogen (secondary N) is 1. The molecule has 6 heteroatoms. The Kier molecular flexibility index (Phi) is 5.27. The summed E-state index contributed by atoms with van der Waals surface area (Å²) >= 11 is 0. The largest absolute Gasteiger partial charge is 0.481 e. The molecular formula is C23H20N2O4. The fraction of sp³-hybridized carbons (Fsp3) is 0.130. The van der Waals surface area contributed by atoms with Crippen LogP contribution in [0.15, 0.2) is 72.8 Å². The third-order valence-corrected chi connectivity index (χ3v) is 4.68. The van der Waals surface area contributed by atoms with E-state index in [4.69, 9.17) is 15.2 Å². The molecule has 0 bridgehead atoms. The van der Waals surface area contributed by atoms with Crippen LogP contribution in [0, 0.1) is 0 Å². The second-order valence-electron chi connectivity index (χ2n) is 6.73. The Balaban J connectivity index is 1.50. The van der Waals surface area contributed by atoms with E-state index in [-0.39, 0.29) is 5.78 Å². The van der Waals surface area contributed by atoms with Gasteiger partial charge in [0.15, 0.2) is 6.10 Å². The summed E-state index contributed by atoms with van der Waals surface area (Å²) in [6.07, 6.45) is -0.708. The Morgan fingerprint density at radius 2 is 1.62 bits per heavy atom. The van der Waals surface area contributed by atoms with Gasteiger partial charge in [-0.3, -0.25) is 9.59 Å². The van der Waals surface area contributed by atoms with E-state index in [0.29, 0.717) is 35.7 Å². The quantitative estimate of drug-likeness (QED) is 0.655. The molecule has 3 aromatic rings. The highest BCUT2D eigenvalue weighted by atomic mass is 16.5. The lowest BCUT2D eigenvalue weighted by atomic mass is 10.1. The van der Waals surface area contributed by atoms with Gasteiger partial charge in [0.2, 0.25) is 11.7 Å². The average Bonchev–Trinajstić information content (AvgIpc) is 2.96. The van der Waals surface area contributed by atoms with Crippen LogP contribution in [-0.4, -0.2) is 24.3 Å². The van der Waals surface area contributed by atoms with Crippen LogP contribution in [0.4, 0.5) is 0 Å². The summed E-state index contributed by atoms with van der Waals surface area (Å²) in [4.78, 5) is 24.4. The topological polar surface area (TPSA) is 90.7 Å². The van der Waals surface area contributed by atoms with Crippen LogP contribution in [0.1, 0.15) is 26.3 Å². The number of para-hydroxylation sites is 1. The molecule has 1 amide bonds. The fourth-order valence-corrected chi connectivity index (χ4v) is 3.14. The van der Waals surface area contributed by atoms with Gasteiger partial charge in [0.05, 0.1) is 0 Å². The van der Waals surface area contributed by atoms with Crippen molar-refractivity contribution in [1.82, 2.24) is 5.32 Å². The molecule has 0 aromatic heterocycles. The molecule has 0 spiro atoms. The molecule has 1 unspecified atom stereocenters. The maximum absolute atomic E-state index is 13.0. The normalized spacial score (nSPS) is 15.5. The van der Waals surface area contributed by atoms with Gasteiger partial charge in [-0.1, -0.05) is 24.3 Å². The van der Waals surface area contributed by atoms with Crippen molar-refractivity contribution in [2.45, 2.75) is 12.6 Å². The third-order valence-electron chi connectivity index (χ3n) is 4.68. The number of ketones is 1. The number of hydrogen-bond acceptors (Lipinski definition) is 5. The molecule has 0 saturated carbocycles. The Hall–Kier alpha value is -3.64. The van der Waals surface area contributed by atoms with E-state index in [2.05, 4.69) is 5.32 Å². The number of ether oxygens (including phenoxy) is 2. The van der Waals surface area contributed by atoms with Crippen molar-refractivity contribution in [3.8, 4) is 17.2 Å². The number of nitrogens with two attached hydrogens (primary N) is 1. The van der Waals surface area contributed by atoms with Crippen molar-refractivity contribution in [2.75, 3.05) is 6.54 Å². The van der Waals surface area contributed by atoms with Gasteiger partial charge < -0.3 is 20.5 Å². The van der Waals surface area contributed by atoms with Crippen molar-refractivity contribution < 1.29 is 19.1 Å². The van der Waals surface area contributed by atoms with E-state index in [1.165, 1.54) is 0 Å². The molecule has 4 rings (SSSR count). The molecule has 3 N–H and O–H groups in total. The van der Waals surface area contributed by atoms with Crippen LogP contribution in [0.25, 0.3) is 0 Å². The summed E-state index contributed by atoms with van der Waals surface area (Å²) in [5.41, 5.74) is 7.09. The fourth-order valence-electron chi connectivity index (χ4n) is 3.14. The van der Waals surface area contributed by atoms with Gasteiger partial charge in [0.1, 0.15) is 17.2 Å². The van der Waals surface area contributed by atoms with Crippen LogP contribution in [-0.2, 0) is 6.54 Å². The summed E-state index contributed by atoms with van der Waals surface area (Å²) in [6, 6.07) is 21.4. The Morgan fingerprint density at radius 1 is 0.931 bits per heavy atom. The zero-order valence-corrected chi connectivity index (χ0v) is 15.6. The standard InChI is InChI=1S/C23H20N2O4/c24-23(27)16-6-7-17-13-25-14-21(29-20(17)12-16)22(26)15-8-10-19(11-9-15)28-18-4-2-1-3-5-18/h1-12,21,25H,13-14H2,(H2,24,27). The van der Waals surface area contributed by atoms with E-state index in [1.807, 2.05) is 30.3 Å². The number of rotatable bonds is 5. The van der Waals surface area contributed by atoms with Crippen LogP contribution < -0.4 is 20.5 Å². The predicted molar refractivity (Wildman–Crippen MR) is 108 cm³/mol. The summed E-state index contributed by atoms with van der Waals surface area (Å²) in [5.74, 6) is 1.18. The first-order valence-corrected chi connectivity index (χ1v) is 9.27. The van der Waals surface area contributed by atoms with Crippen LogP contribution in [0.5, 0.6) is 17.2 Å². The average molecular weight is 388 g/mol. The van der Waals surface area contributed by atoms with Gasteiger partial charge in [-0.25, -0.2) is 0 Å². The van der Waals surface area contributed by atoms with Crippen LogP contribution in [0.3, 0.4) is 0 Å². The smallest absolute Gasteiger partial charge is 0.248 e. The summed E-state index contributed by atoms with van der Waals surface area (Å²) < 4.78 is 11.7. The van der Waals surface area contributed by atoms with Gasteiger partial charge >= 0.3 is 0 Å². The SMILES string of the molecule is NC(=O)c1ccc2c(c1)OC(C(=O)c1ccc(Oc3ccccc3)cc1)CNC2. The van der Waals surface area contributed by atoms with Gasteiger partial charge in [-0.2, -0.15) is 0 Å². The second kappa shape index (κ2) is 8.16. The van der Waals surface area contributed by atoms with Gasteiger partial charge in [0.25, 0.3) is 0 Å². The van der Waals surface area contributed by atoms with Crippen molar-refractivity contribution in [3.63, 3.8) is 0 Å². The third kappa shape index (κ3) is 4.28. The predicted octanol–water partition coefficient (Wildman–Crippen LogP) is 3.31. The number of benzene rings is 3. The number of hydrogen-bond donors (Lipinski definition) is 2. The minimum Gasteiger partial charge on any atom is -0.481 e. The number of fused-ring (bicyclic) bond motifs is 1. The molecule has 3 aromatic carbocycles. The van der Waals surface area contributed by atoms with Crippen LogP contribution in [0.2, 0.25) is 0 Å². The van der Waals surface area contributed by atoms with Crippen molar-refractivity contribution >= 4 is 11.7 Å². The number of carbonyl (C=O) groups excluding carboxylic acids is 2. The molecule has 6 nitrogen and oxygen atoms in total. The van der Waals surface area contributed by atoms with Crippen LogP contribution >= 0.6 is 0 Å². The van der Waals surface area contributed by atoms with Gasteiger partial charge in [-0.05, 0) is 48.5 Å². The maximum Gasteiger partial charge on any atom is 0.248 e. The van der Waals surface area contributed by atoms with E-state index >= 15 is 0 Å². The zero-order valence-electron chi connectivity index (χ0n) is 15.6. The Labute approximate surface area is 168 Å². The molecule has 146 valence electrons. The first-order chi connectivity index (χ1) is 14.1. The molecule has 1 atom stereocenters. The molecule has 0 saturated heterocycles. The molecule has 1 heterocycles. The van der Waals surface area contributed by atoms with Crippen molar-refractivity contribution in [2.24, 2.45) is 5.73 Å². The number of Topliss-reactive ketones (excluding diaryl/α,β-unsaturated/α-hetero) is 1. The minimum absolute atomic E-state index is 0.152. The zero-order chi connectivity index (χ0) is 20.2. The van der Waals surface area contributed by atoms with Gasteiger partial charge in [0, 0.05) is 29.8 Å². The van der Waals surface area contributed by atoms with E-state index in [9.17, 15) is 9.59 Å². The molecule has 0 aliphatic carbocycles. The second-order valence-corrected chi connectivity index (χ2v) is 6.73. The molecule has 1 aliphatic rings. The highest BCUT2D eigenvalue weighted by Crippen LogP contribution is 2.26. The summed E-state index contributed by atoms with van der Waals surface area (Å²) in [6.45, 7) is 0.906. The summed E-state index contributed by atoms with van der Waals surface area (Å²) in [5, 5.41) is 3.21. The maximum atomic E-state index is 13.0. The molecule has 0 radical (unpaired) electrons. The monoisotopic (exact) mass is 388 g/mol. The minimum atomic E-state index is -0.708. The Morgan fingerprint density at radius 3 is 2.34 bits per heavy atom. The Bertz CT molecular complexity index is 1030. The highest BCUT2D eigenvalue weighted by molar-refractivity contribution is 6.00. The molecule has 29 heavy (non-hydrogen) atoms. The van der Waals surface area contributed by atoms with E-state index < -0.39 is 12.0 Å². The molecule has 0 fully saturated rings. The first-order valence-electron chi connectivity index (χ1n) is 9.27. The lowest BCUT2D eigenvalue weighted by molar-refractivity contribution is 0.0800. The summed E-state index contributed by atoms with van der Waals surface area (Å²) in [7, 11) is 0. The van der Waals surface area contributed by atoms with Crippen molar-refractivity contribution in [1.29, 1.82) is 0 Å². The van der Waals surface area contributed by atoms with Gasteiger partial charge in [-0.15, -0.1) is 0 Å². The molecule has 1 aliphatic heterocycles. The van der Waals surface area contributed by atoms with E-state index in [0.717, 1.165) is 11.3 Å². The first kappa shape index (κ1) is 18.7. The van der Waals surface area contributed by atoms with E-state index in [1.54, 1.807) is 42.5 Å². The lowest BCUT2D eigenvalue weighted by Gasteiger charge is -2.17. The number of primary amides is 1. The number of amides is 1. The van der Waals surface area contributed by atoms with Crippen molar-refractivity contribution in [3.05, 3.63) is 89.5 Å².